The molecule has 2 heterocycles. The molecule has 15 heavy (non-hydrogen) atoms. The summed E-state index contributed by atoms with van der Waals surface area (Å²) in [6.45, 7) is 0.919. The molecule has 84 valence electrons. The van der Waals surface area contributed by atoms with Crippen LogP contribution in [0.1, 0.15) is 35.9 Å². The quantitative estimate of drug-likeness (QED) is 0.720. The standard InChI is InChI=1S/C11H14Cl2OS/c12-9(10-5-6-11(13)15-10)4-3-8-2-1-7-14-8/h5-6,8-9H,1-4,7H2. The Bertz CT molecular complexity index is 307. The van der Waals surface area contributed by atoms with E-state index < -0.39 is 0 Å². The van der Waals surface area contributed by atoms with Gasteiger partial charge in [-0.25, -0.2) is 0 Å². The molecule has 0 N–H and O–H groups in total. The van der Waals surface area contributed by atoms with Crippen LogP contribution in [0.3, 0.4) is 0 Å². The van der Waals surface area contributed by atoms with Gasteiger partial charge < -0.3 is 4.74 Å². The van der Waals surface area contributed by atoms with Crippen molar-refractivity contribution in [3.05, 3.63) is 21.3 Å². The minimum absolute atomic E-state index is 0.0895. The fourth-order valence-electron chi connectivity index (χ4n) is 1.84. The monoisotopic (exact) mass is 264 g/mol. The van der Waals surface area contributed by atoms with Gasteiger partial charge in [0, 0.05) is 11.5 Å². The average Bonchev–Trinajstić information content (AvgIpc) is 2.84. The Morgan fingerprint density at radius 1 is 1.53 bits per heavy atom. The highest BCUT2D eigenvalue weighted by Gasteiger charge is 2.18. The summed E-state index contributed by atoms with van der Waals surface area (Å²) in [5.41, 5.74) is 0. The third kappa shape index (κ3) is 3.35. The lowest BCUT2D eigenvalue weighted by atomic mass is 10.1. The van der Waals surface area contributed by atoms with Crippen LogP contribution in [0.4, 0.5) is 0 Å². The number of halogens is 2. The normalized spacial score (nSPS) is 23.2. The van der Waals surface area contributed by atoms with Crippen molar-refractivity contribution in [1.29, 1.82) is 0 Å². The van der Waals surface area contributed by atoms with Crippen molar-refractivity contribution in [2.75, 3.05) is 6.61 Å². The summed E-state index contributed by atoms with van der Waals surface area (Å²) in [6, 6.07) is 3.92. The molecule has 1 aromatic heterocycles. The molecule has 1 saturated heterocycles. The van der Waals surface area contributed by atoms with E-state index in [-0.39, 0.29) is 5.38 Å². The molecule has 2 rings (SSSR count). The maximum Gasteiger partial charge on any atom is 0.0931 e. The first-order chi connectivity index (χ1) is 7.25. The van der Waals surface area contributed by atoms with E-state index in [9.17, 15) is 0 Å². The van der Waals surface area contributed by atoms with Crippen LogP contribution in [-0.2, 0) is 4.74 Å². The fourth-order valence-corrected chi connectivity index (χ4v) is 3.25. The molecule has 1 aromatic rings. The largest absolute Gasteiger partial charge is 0.378 e. The molecule has 0 aliphatic carbocycles. The molecule has 1 fully saturated rings. The molecule has 4 heteroatoms. The first kappa shape index (κ1) is 11.7. The fraction of sp³-hybridized carbons (Fsp3) is 0.636. The molecule has 0 aromatic carbocycles. The van der Waals surface area contributed by atoms with Gasteiger partial charge in [-0.3, -0.25) is 0 Å². The Morgan fingerprint density at radius 2 is 2.40 bits per heavy atom. The number of rotatable bonds is 4. The molecular formula is C11H14Cl2OS. The van der Waals surface area contributed by atoms with Crippen molar-refractivity contribution in [3.63, 3.8) is 0 Å². The second kappa shape index (κ2) is 5.53. The zero-order valence-electron chi connectivity index (χ0n) is 8.42. The summed E-state index contributed by atoms with van der Waals surface area (Å²) in [5, 5.41) is 0.0895. The Morgan fingerprint density at radius 3 is 3.00 bits per heavy atom. The van der Waals surface area contributed by atoms with Crippen LogP contribution in [0.2, 0.25) is 4.34 Å². The molecule has 1 aliphatic rings. The van der Waals surface area contributed by atoms with Crippen molar-refractivity contribution >= 4 is 34.5 Å². The molecule has 2 atom stereocenters. The van der Waals surface area contributed by atoms with Crippen molar-refractivity contribution in [2.45, 2.75) is 37.2 Å². The van der Waals surface area contributed by atoms with Crippen LogP contribution in [0.5, 0.6) is 0 Å². The van der Waals surface area contributed by atoms with Crippen molar-refractivity contribution in [2.24, 2.45) is 0 Å². The predicted molar refractivity (Wildman–Crippen MR) is 66.1 cm³/mol. The number of hydrogen-bond donors (Lipinski definition) is 0. The van der Waals surface area contributed by atoms with E-state index >= 15 is 0 Å². The third-order valence-electron chi connectivity index (χ3n) is 2.67. The third-order valence-corrected chi connectivity index (χ3v) is 4.60. The summed E-state index contributed by atoms with van der Waals surface area (Å²) < 4.78 is 6.38. The van der Waals surface area contributed by atoms with Gasteiger partial charge in [-0.05, 0) is 37.8 Å². The molecule has 1 nitrogen and oxygen atoms in total. The van der Waals surface area contributed by atoms with Crippen LogP contribution < -0.4 is 0 Å². The van der Waals surface area contributed by atoms with E-state index in [0.717, 1.165) is 23.8 Å². The highest BCUT2D eigenvalue weighted by atomic mass is 35.5. The minimum atomic E-state index is 0.0895. The first-order valence-electron chi connectivity index (χ1n) is 5.26. The zero-order valence-corrected chi connectivity index (χ0v) is 10.7. The average molecular weight is 265 g/mol. The summed E-state index contributed by atoms with van der Waals surface area (Å²) in [4.78, 5) is 1.17. The van der Waals surface area contributed by atoms with E-state index in [1.165, 1.54) is 17.7 Å². The molecule has 2 unspecified atom stereocenters. The lowest BCUT2D eigenvalue weighted by Crippen LogP contribution is -2.05. The van der Waals surface area contributed by atoms with Crippen LogP contribution in [0.25, 0.3) is 0 Å². The van der Waals surface area contributed by atoms with Gasteiger partial charge in [0.25, 0.3) is 0 Å². The molecule has 0 saturated carbocycles. The Labute approximate surface area is 104 Å². The lowest BCUT2D eigenvalue weighted by molar-refractivity contribution is 0.102. The molecule has 0 spiro atoms. The maximum atomic E-state index is 6.29. The van der Waals surface area contributed by atoms with Crippen LogP contribution in [0.15, 0.2) is 12.1 Å². The smallest absolute Gasteiger partial charge is 0.0931 e. The van der Waals surface area contributed by atoms with E-state index in [1.807, 2.05) is 12.1 Å². The highest BCUT2D eigenvalue weighted by Crippen LogP contribution is 2.34. The second-order valence-corrected chi connectivity index (χ2v) is 6.10. The summed E-state index contributed by atoms with van der Waals surface area (Å²) in [5.74, 6) is 0. The van der Waals surface area contributed by atoms with Crippen molar-refractivity contribution in [1.82, 2.24) is 0 Å². The Balaban J connectivity index is 1.79. The molecule has 0 radical (unpaired) electrons. The van der Waals surface area contributed by atoms with Gasteiger partial charge in [0.2, 0.25) is 0 Å². The molecular weight excluding hydrogens is 251 g/mol. The van der Waals surface area contributed by atoms with Crippen LogP contribution in [0, 0.1) is 0 Å². The SMILES string of the molecule is Clc1ccc(C(Cl)CCC2CCCO2)s1. The first-order valence-corrected chi connectivity index (χ1v) is 6.89. The second-order valence-electron chi connectivity index (χ2n) is 3.82. The van der Waals surface area contributed by atoms with Gasteiger partial charge in [-0.2, -0.15) is 0 Å². The lowest BCUT2D eigenvalue weighted by Gasteiger charge is -2.11. The number of thiophene rings is 1. The molecule has 1 aliphatic heterocycles. The number of hydrogen-bond acceptors (Lipinski definition) is 2. The van der Waals surface area contributed by atoms with Gasteiger partial charge in [0.05, 0.1) is 15.8 Å². The predicted octanol–water partition coefficient (Wildman–Crippen LogP) is 4.64. The van der Waals surface area contributed by atoms with Gasteiger partial charge in [0.1, 0.15) is 0 Å². The molecule has 0 amide bonds. The zero-order chi connectivity index (χ0) is 10.7. The summed E-state index contributed by atoms with van der Waals surface area (Å²) in [7, 11) is 0. The van der Waals surface area contributed by atoms with Gasteiger partial charge in [-0.1, -0.05) is 11.6 Å². The Hall–Kier alpha value is 0.240. The van der Waals surface area contributed by atoms with E-state index in [2.05, 4.69) is 0 Å². The Kier molecular flexibility index (Phi) is 4.32. The number of alkyl halides is 1. The molecule has 0 bridgehead atoms. The maximum absolute atomic E-state index is 6.29. The van der Waals surface area contributed by atoms with Crippen molar-refractivity contribution in [3.8, 4) is 0 Å². The van der Waals surface area contributed by atoms with Crippen molar-refractivity contribution < 1.29 is 4.74 Å². The van der Waals surface area contributed by atoms with Crippen LogP contribution >= 0.6 is 34.5 Å². The topological polar surface area (TPSA) is 9.23 Å². The van der Waals surface area contributed by atoms with Gasteiger partial charge in [-0.15, -0.1) is 22.9 Å². The van der Waals surface area contributed by atoms with Gasteiger partial charge in [0.15, 0.2) is 0 Å². The van der Waals surface area contributed by atoms with Crippen LogP contribution in [-0.4, -0.2) is 12.7 Å². The van der Waals surface area contributed by atoms with E-state index in [0.29, 0.717) is 6.10 Å². The van der Waals surface area contributed by atoms with Gasteiger partial charge >= 0.3 is 0 Å². The summed E-state index contributed by atoms with van der Waals surface area (Å²) >= 11 is 13.7. The van der Waals surface area contributed by atoms with E-state index in [1.54, 1.807) is 11.3 Å². The highest BCUT2D eigenvalue weighted by molar-refractivity contribution is 7.16. The minimum Gasteiger partial charge on any atom is -0.378 e. The summed E-state index contributed by atoms with van der Waals surface area (Å²) in [6.07, 6.45) is 4.85. The van der Waals surface area contributed by atoms with E-state index in [4.69, 9.17) is 27.9 Å². The number of ether oxygens (including phenoxy) is 1.